The van der Waals surface area contributed by atoms with Crippen LogP contribution in [0.1, 0.15) is 57.6 Å². The van der Waals surface area contributed by atoms with E-state index in [2.05, 4.69) is 0 Å². The number of aliphatic hydroxyl groups excluding tert-OH is 2. The van der Waals surface area contributed by atoms with Crippen LogP contribution in [0.25, 0.3) is 0 Å². The normalized spacial score (nSPS) is 19.3. The van der Waals surface area contributed by atoms with Crippen molar-refractivity contribution in [2.45, 2.75) is 31.5 Å². The molecule has 2 unspecified atom stereocenters. The molecule has 0 bridgehead atoms. The van der Waals surface area contributed by atoms with Gasteiger partial charge in [0.1, 0.15) is 5.75 Å². The molecule has 2 N–H and O–H groups in total. The van der Waals surface area contributed by atoms with Gasteiger partial charge in [0.05, 0.1) is 25.9 Å². The van der Waals surface area contributed by atoms with Gasteiger partial charge >= 0.3 is 0 Å². The van der Waals surface area contributed by atoms with Gasteiger partial charge in [-0.05, 0) is 65.4 Å². The molecule has 33 heavy (non-hydrogen) atoms. The van der Waals surface area contributed by atoms with Crippen molar-refractivity contribution < 1.29 is 19.7 Å². The molecule has 0 radical (unpaired) electrons. The lowest BCUT2D eigenvalue weighted by Crippen LogP contribution is -2.30. The zero-order valence-electron chi connectivity index (χ0n) is 18.4. The molecule has 1 saturated carbocycles. The number of ether oxygens (including phenoxy) is 1. The second-order valence-corrected chi connectivity index (χ2v) is 9.40. The van der Waals surface area contributed by atoms with Gasteiger partial charge in [0.25, 0.3) is 5.91 Å². The fourth-order valence-electron chi connectivity index (χ4n) is 4.84. The maximum Gasteiger partial charge on any atom is 0.255 e. The Balaban J connectivity index is 1.60. The Kier molecular flexibility index (Phi) is 5.65. The zero-order valence-corrected chi connectivity index (χ0v) is 19.1. The standard InChI is InChI=1S/C27H26ClNO4/c1-33-19-9-6-17(7-10-19)15-29-24(20-4-2-3-5-22(20)26(29)32)21-11-8-18(28)14-23(21)25(31)27(16-30)12-13-27/h2-11,14,24-25,30-31H,12-13,15-16H2,1H3. The van der Waals surface area contributed by atoms with Crippen molar-refractivity contribution in [3.63, 3.8) is 0 Å². The van der Waals surface area contributed by atoms with Gasteiger partial charge in [0, 0.05) is 22.5 Å². The summed E-state index contributed by atoms with van der Waals surface area (Å²) < 4.78 is 5.26. The lowest BCUT2D eigenvalue weighted by molar-refractivity contribution is 0.0480. The summed E-state index contributed by atoms with van der Waals surface area (Å²) in [7, 11) is 1.62. The Morgan fingerprint density at radius 1 is 1.09 bits per heavy atom. The average Bonchev–Trinajstić information content (AvgIpc) is 3.60. The summed E-state index contributed by atoms with van der Waals surface area (Å²) in [6, 6.07) is 20.4. The quantitative estimate of drug-likeness (QED) is 0.523. The van der Waals surface area contributed by atoms with Crippen LogP contribution in [0.15, 0.2) is 66.7 Å². The second-order valence-electron chi connectivity index (χ2n) is 8.97. The van der Waals surface area contributed by atoms with Crippen molar-refractivity contribution in [1.82, 2.24) is 4.90 Å². The number of halogens is 1. The van der Waals surface area contributed by atoms with Crippen LogP contribution in [-0.4, -0.2) is 34.7 Å². The topological polar surface area (TPSA) is 70.0 Å². The van der Waals surface area contributed by atoms with E-state index in [1.54, 1.807) is 19.2 Å². The molecule has 2 aliphatic rings. The first-order valence-corrected chi connectivity index (χ1v) is 11.5. The summed E-state index contributed by atoms with van der Waals surface area (Å²) in [5.41, 5.74) is 3.51. The predicted molar refractivity (Wildman–Crippen MR) is 126 cm³/mol. The van der Waals surface area contributed by atoms with E-state index in [1.165, 1.54) is 0 Å². The number of hydrogen-bond donors (Lipinski definition) is 2. The van der Waals surface area contributed by atoms with Gasteiger partial charge < -0.3 is 19.8 Å². The summed E-state index contributed by atoms with van der Waals surface area (Å²) >= 11 is 6.34. The number of carbonyl (C=O) groups is 1. The third-order valence-electron chi connectivity index (χ3n) is 7.00. The third-order valence-corrected chi connectivity index (χ3v) is 7.23. The molecule has 3 aromatic rings. The minimum atomic E-state index is -0.859. The van der Waals surface area contributed by atoms with Crippen LogP contribution < -0.4 is 4.74 Å². The third kappa shape index (κ3) is 3.80. The van der Waals surface area contributed by atoms with Crippen LogP contribution in [0, 0.1) is 5.41 Å². The highest BCUT2D eigenvalue weighted by atomic mass is 35.5. The Morgan fingerprint density at radius 3 is 2.48 bits per heavy atom. The molecular formula is C27H26ClNO4. The molecule has 6 heteroatoms. The van der Waals surface area contributed by atoms with Crippen molar-refractivity contribution in [3.8, 4) is 5.75 Å². The van der Waals surface area contributed by atoms with E-state index in [1.807, 2.05) is 59.5 Å². The summed E-state index contributed by atoms with van der Waals surface area (Å²) in [5, 5.41) is 21.7. The zero-order chi connectivity index (χ0) is 23.2. The highest BCUT2D eigenvalue weighted by Crippen LogP contribution is 2.56. The molecule has 0 saturated heterocycles. The molecule has 1 aliphatic heterocycles. The summed E-state index contributed by atoms with van der Waals surface area (Å²) in [4.78, 5) is 15.3. The van der Waals surface area contributed by atoms with E-state index >= 15 is 0 Å². The number of rotatable bonds is 7. The molecule has 1 aliphatic carbocycles. The number of fused-ring (bicyclic) bond motifs is 1. The Labute approximate surface area is 198 Å². The van der Waals surface area contributed by atoms with Crippen LogP contribution in [0.4, 0.5) is 0 Å². The number of methoxy groups -OCH3 is 1. The number of benzene rings is 3. The average molecular weight is 464 g/mol. The smallest absolute Gasteiger partial charge is 0.255 e. The number of hydrogen-bond acceptors (Lipinski definition) is 4. The summed E-state index contributed by atoms with van der Waals surface area (Å²) in [6.07, 6.45) is 0.653. The van der Waals surface area contributed by atoms with Gasteiger partial charge in [0.15, 0.2) is 0 Å². The fraction of sp³-hybridized carbons (Fsp3) is 0.296. The molecule has 170 valence electrons. The lowest BCUT2D eigenvalue weighted by Gasteiger charge is -2.31. The van der Waals surface area contributed by atoms with Crippen LogP contribution in [-0.2, 0) is 6.54 Å². The number of amides is 1. The maximum atomic E-state index is 13.5. The SMILES string of the molecule is COc1ccc(CN2C(=O)c3ccccc3C2c2ccc(Cl)cc2C(O)C2(CO)CC2)cc1. The van der Waals surface area contributed by atoms with E-state index in [0.717, 1.165) is 35.3 Å². The Bertz CT molecular complexity index is 1190. The fourth-order valence-corrected chi connectivity index (χ4v) is 5.02. The van der Waals surface area contributed by atoms with Crippen LogP contribution in [0.3, 0.4) is 0 Å². The van der Waals surface area contributed by atoms with Gasteiger partial charge in [-0.1, -0.05) is 48.0 Å². The summed E-state index contributed by atoms with van der Waals surface area (Å²) in [6.45, 7) is 0.321. The molecule has 0 aromatic heterocycles. The van der Waals surface area contributed by atoms with Crippen LogP contribution in [0.2, 0.25) is 5.02 Å². The van der Waals surface area contributed by atoms with Crippen LogP contribution in [0.5, 0.6) is 5.75 Å². The minimum Gasteiger partial charge on any atom is -0.497 e. The first-order chi connectivity index (χ1) is 16.0. The van der Waals surface area contributed by atoms with E-state index in [4.69, 9.17) is 16.3 Å². The lowest BCUT2D eigenvalue weighted by atomic mass is 9.86. The van der Waals surface area contributed by atoms with Gasteiger partial charge in [-0.25, -0.2) is 0 Å². The van der Waals surface area contributed by atoms with Crippen molar-refractivity contribution in [2.75, 3.05) is 13.7 Å². The first kappa shape index (κ1) is 22.0. The molecule has 2 atom stereocenters. The molecule has 1 heterocycles. The number of carbonyl (C=O) groups excluding carboxylic acids is 1. The largest absolute Gasteiger partial charge is 0.497 e. The number of nitrogens with zero attached hydrogens (tertiary/aromatic N) is 1. The van der Waals surface area contributed by atoms with E-state index in [9.17, 15) is 15.0 Å². The highest BCUT2D eigenvalue weighted by molar-refractivity contribution is 6.30. The molecular weight excluding hydrogens is 438 g/mol. The molecule has 5 rings (SSSR count). The Hall–Kier alpha value is -2.86. The second kappa shape index (κ2) is 8.49. The van der Waals surface area contributed by atoms with Crippen LogP contribution >= 0.6 is 11.6 Å². The van der Waals surface area contributed by atoms with Gasteiger partial charge in [0.2, 0.25) is 0 Å². The summed E-state index contributed by atoms with van der Waals surface area (Å²) in [5.74, 6) is 0.707. The van der Waals surface area contributed by atoms with E-state index < -0.39 is 11.5 Å². The van der Waals surface area contributed by atoms with Crippen molar-refractivity contribution in [3.05, 3.63) is 99.6 Å². The van der Waals surface area contributed by atoms with Gasteiger partial charge in [-0.2, -0.15) is 0 Å². The minimum absolute atomic E-state index is 0.0508. The number of aliphatic hydroxyl groups is 2. The molecule has 1 amide bonds. The Morgan fingerprint density at radius 2 is 1.82 bits per heavy atom. The van der Waals surface area contributed by atoms with Crippen molar-refractivity contribution >= 4 is 17.5 Å². The van der Waals surface area contributed by atoms with Crippen molar-refractivity contribution in [1.29, 1.82) is 0 Å². The molecule has 1 fully saturated rings. The van der Waals surface area contributed by atoms with Gasteiger partial charge in [-0.15, -0.1) is 0 Å². The predicted octanol–water partition coefficient (Wildman–Crippen LogP) is 4.90. The monoisotopic (exact) mass is 463 g/mol. The van der Waals surface area contributed by atoms with E-state index in [0.29, 0.717) is 22.7 Å². The maximum absolute atomic E-state index is 13.5. The first-order valence-electron chi connectivity index (χ1n) is 11.1. The molecule has 0 spiro atoms. The molecule has 5 nitrogen and oxygen atoms in total. The molecule has 3 aromatic carbocycles. The van der Waals surface area contributed by atoms with E-state index in [-0.39, 0.29) is 18.6 Å². The highest BCUT2D eigenvalue weighted by Gasteiger charge is 2.50. The van der Waals surface area contributed by atoms with Gasteiger partial charge in [-0.3, -0.25) is 4.79 Å². The van der Waals surface area contributed by atoms with Crippen molar-refractivity contribution in [2.24, 2.45) is 5.41 Å².